The van der Waals surface area contributed by atoms with Crippen LogP contribution in [0, 0.1) is 0 Å². The molecule has 0 fully saturated rings. The lowest BCUT2D eigenvalue weighted by Gasteiger charge is -2.24. The van der Waals surface area contributed by atoms with Gasteiger partial charge in [-0.2, -0.15) is 0 Å². The molecule has 0 aromatic carbocycles. The lowest BCUT2D eigenvalue weighted by Crippen LogP contribution is -2.39. The Morgan fingerprint density at radius 1 is 0.655 bits per heavy atom. The first-order valence-corrected chi connectivity index (χ1v) is 13.0. The summed E-state index contributed by atoms with van der Waals surface area (Å²) in [5.41, 5.74) is 0. The van der Waals surface area contributed by atoms with Gasteiger partial charge in [0.05, 0.1) is 12.7 Å². The van der Waals surface area contributed by atoms with Crippen molar-refractivity contribution in [3.63, 3.8) is 0 Å². The number of nitrogens with zero attached hydrogens (tertiary/aromatic N) is 1. The van der Waals surface area contributed by atoms with Gasteiger partial charge < -0.3 is 15.5 Å². The molecule has 0 amide bonds. The van der Waals surface area contributed by atoms with Crippen molar-refractivity contribution < 1.29 is 10.2 Å². The van der Waals surface area contributed by atoms with E-state index < -0.39 is 6.10 Å². The van der Waals surface area contributed by atoms with Gasteiger partial charge in [0.2, 0.25) is 0 Å². The first-order valence-electron chi connectivity index (χ1n) is 13.0. The lowest BCUT2D eigenvalue weighted by molar-refractivity contribution is 0.0588. The molecule has 0 saturated heterocycles. The van der Waals surface area contributed by atoms with E-state index >= 15 is 0 Å². The van der Waals surface area contributed by atoms with Crippen molar-refractivity contribution in [3.8, 4) is 0 Å². The van der Waals surface area contributed by atoms with Crippen LogP contribution in [0.4, 0.5) is 0 Å². The average molecular weight is 415 g/mol. The molecule has 0 radical (unpaired) electrons. The van der Waals surface area contributed by atoms with Crippen LogP contribution in [0.25, 0.3) is 0 Å². The second-order valence-corrected chi connectivity index (χ2v) is 8.79. The number of hydrogen-bond acceptors (Lipinski definition) is 4. The topological polar surface area (TPSA) is 55.7 Å². The van der Waals surface area contributed by atoms with Crippen LogP contribution in [-0.4, -0.2) is 60.5 Å². The summed E-state index contributed by atoms with van der Waals surface area (Å²) in [5, 5.41) is 22.1. The zero-order valence-electron chi connectivity index (χ0n) is 20.0. The van der Waals surface area contributed by atoms with Gasteiger partial charge in [-0.25, -0.2) is 0 Å². The van der Waals surface area contributed by atoms with Crippen molar-refractivity contribution in [3.05, 3.63) is 0 Å². The molecule has 0 rings (SSSR count). The maximum absolute atomic E-state index is 9.71. The second kappa shape index (κ2) is 24.1. The summed E-state index contributed by atoms with van der Waals surface area (Å²) >= 11 is 0. The summed E-state index contributed by atoms with van der Waals surface area (Å²) in [6.45, 7) is 8.75. The molecule has 0 aliphatic heterocycles. The maximum atomic E-state index is 9.71. The van der Waals surface area contributed by atoms with Gasteiger partial charge in [-0.05, 0) is 19.5 Å². The molecule has 0 heterocycles. The van der Waals surface area contributed by atoms with Crippen LogP contribution in [-0.2, 0) is 0 Å². The minimum absolute atomic E-state index is 0.142. The number of nitrogens with one attached hydrogen (secondary N) is 1. The predicted octanol–water partition coefficient (Wildman–Crippen LogP) is 5.51. The predicted molar refractivity (Wildman–Crippen MR) is 128 cm³/mol. The highest BCUT2D eigenvalue weighted by Crippen LogP contribution is 2.13. The number of rotatable bonds is 24. The molecule has 0 aliphatic rings. The smallest absolute Gasteiger partial charge is 0.0897 e. The van der Waals surface area contributed by atoms with Crippen molar-refractivity contribution in [1.82, 2.24) is 10.2 Å². The fourth-order valence-corrected chi connectivity index (χ4v) is 3.95. The van der Waals surface area contributed by atoms with Crippen LogP contribution in [0.15, 0.2) is 0 Å². The molecule has 0 saturated carbocycles. The van der Waals surface area contributed by atoms with Crippen LogP contribution >= 0.6 is 0 Å². The number of aliphatic hydroxyl groups is 2. The van der Waals surface area contributed by atoms with E-state index in [0.29, 0.717) is 6.54 Å². The Kier molecular flexibility index (Phi) is 24.0. The highest BCUT2D eigenvalue weighted by molar-refractivity contribution is 4.65. The van der Waals surface area contributed by atoms with E-state index in [2.05, 4.69) is 24.1 Å². The van der Waals surface area contributed by atoms with Gasteiger partial charge in [0.1, 0.15) is 0 Å². The largest absolute Gasteiger partial charge is 0.394 e. The Labute approximate surface area is 182 Å². The van der Waals surface area contributed by atoms with E-state index in [-0.39, 0.29) is 6.61 Å². The Morgan fingerprint density at radius 3 is 1.52 bits per heavy atom. The molecule has 0 aliphatic carbocycles. The number of unbranched alkanes of at least 4 members (excludes halogenated alkanes) is 15. The van der Waals surface area contributed by atoms with E-state index in [4.69, 9.17) is 5.11 Å². The summed E-state index contributed by atoms with van der Waals surface area (Å²) < 4.78 is 0. The standard InChI is InChI=1S/C25H54N2O2/c1-3-5-6-7-8-9-10-11-12-13-14-15-16-17-18-19-21-27(22-20-26-4-2)23-25(29)24-28/h25-26,28-29H,3-24H2,1-2H3. The molecule has 1 atom stereocenters. The first-order chi connectivity index (χ1) is 14.2. The molecule has 0 spiro atoms. The second-order valence-electron chi connectivity index (χ2n) is 8.79. The number of hydrogen-bond donors (Lipinski definition) is 3. The van der Waals surface area contributed by atoms with Gasteiger partial charge in [-0.3, -0.25) is 4.90 Å². The Bertz CT molecular complexity index is 303. The average Bonchev–Trinajstić information content (AvgIpc) is 2.73. The fraction of sp³-hybridized carbons (Fsp3) is 1.00. The van der Waals surface area contributed by atoms with Crippen LogP contribution < -0.4 is 5.32 Å². The maximum Gasteiger partial charge on any atom is 0.0897 e. The van der Waals surface area contributed by atoms with E-state index in [1.807, 2.05) is 0 Å². The van der Waals surface area contributed by atoms with Crippen LogP contribution in [0.5, 0.6) is 0 Å². The normalized spacial score (nSPS) is 12.7. The summed E-state index contributed by atoms with van der Waals surface area (Å²) in [7, 11) is 0. The molecule has 29 heavy (non-hydrogen) atoms. The SMILES string of the molecule is CCCCCCCCCCCCCCCCCCN(CCNCC)CC(O)CO. The molecule has 0 aromatic rings. The number of likely N-dealkylation sites (N-methyl/N-ethyl adjacent to an activating group) is 1. The molecule has 0 bridgehead atoms. The molecule has 1 unspecified atom stereocenters. The zero-order valence-corrected chi connectivity index (χ0v) is 20.0. The third-order valence-corrected chi connectivity index (χ3v) is 5.86. The van der Waals surface area contributed by atoms with Crippen LogP contribution in [0.2, 0.25) is 0 Å². The molecular weight excluding hydrogens is 360 g/mol. The van der Waals surface area contributed by atoms with Crippen molar-refractivity contribution in [2.75, 3.05) is 39.3 Å². The Morgan fingerprint density at radius 2 is 1.10 bits per heavy atom. The van der Waals surface area contributed by atoms with E-state index in [0.717, 1.165) is 26.2 Å². The summed E-state index contributed by atoms with van der Waals surface area (Å²) in [6.07, 6.45) is 21.7. The molecule has 3 N–H and O–H groups in total. The van der Waals surface area contributed by atoms with E-state index in [9.17, 15) is 5.11 Å². The molecule has 4 heteroatoms. The lowest BCUT2D eigenvalue weighted by atomic mass is 10.0. The van der Waals surface area contributed by atoms with Crippen LogP contribution in [0.3, 0.4) is 0 Å². The van der Waals surface area contributed by atoms with Crippen LogP contribution in [0.1, 0.15) is 117 Å². The summed E-state index contributed by atoms with van der Waals surface area (Å²) in [4.78, 5) is 2.29. The van der Waals surface area contributed by atoms with E-state index in [1.165, 1.54) is 103 Å². The van der Waals surface area contributed by atoms with Gasteiger partial charge in [0.25, 0.3) is 0 Å². The quantitative estimate of drug-likeness (QED) is 0.182. The Hall–Kier alpha value is -0.160. The van der Waals surface area contributed by atoms with Crippen molar-refractivity contribution in [2.45, 2.75) is 123 Å². The van der Waals surface area contributed by atoms with Crippen molar-refractivity contribution in [2.24, 2.45) is 0 Å². The highest BCUT2D eigenvalue weighted by Gasteiger charge is 2.10. The van der Waals surface area contributed by atoms with Gasteiger partial charge in [-0.15, -0.1) is 0 Å². The van der Waals surface area contributed by atoms with Gasteiger partial charge >= 0.3 is 0 Å². The molecule has 0 aromatic heterocycles. The van der Waals surface area contributed by atoms with Gasteiger partial charge in [0.15, 0.2) is 0 Å². The minimum atomic E-state index is -0.613. The van der Waals surface area contributed by atoms with Crippen molar-refractivity contribution >= 4 is 0 Å². The summed E-state index contributed by atoms with van der Waals surface area (Å²) in [5.74, 6) is 0. The fourth-order valence-electron chi connectivity index (χ4n) is 3.95. The van der Waals surface area contributed by atoms with Gasteiger partial charge in [-0.1, -0.05) is 110 Å². The first kappa shape index (κ1) is 28.8. The third kappa shape index (κ3) is 22.3. The molecule has 4 nitrogen and oxygen atoms in total. The minimum Gasteiger partial charge on any atom is -0.394 e. The monoisotopic (exact) mass is 414 g/mol. The van der Waals surface area contributed by atoms with E-state index in [1.54, 1.807) is 0 Å². The summed E-state index contributed by atoms with van der Waals surface area (Å²) in [6, 6.07) is 0. The molecular formula is C25H54N2O2. The van der Waals surface area contributed by atoms with Gasteiger partial charge in [0, 0.05) is 19.6 Å². The molecule has 176 valence electrons. The highest BCUT2D eigenvalue weighted by atomic mass is 16.3. The van der Waals surface area contributed by atoms with Crippen molar-refractivity contribution in [1.29, 1.82) is 0 Å². The third-order valence-electron chi connectivity index (χ3n) is 5.86. The number of aliphatic hydroxyl groups excluding tert-OH is 2. The Balaban J connectivity index is 3.40. The zero-order chi connectivity index (χ0) is 21.4.